The van der Waals surface area contributed by atoms with Gasteiger partial charge < -0.3 is 14.4 Å². The van der Waals surface area contributed by atoms with Gasteiger partial charge in [0.15, 0.2) is 21.3 Å². The van der Waals surface area contributed by atoms with Crippen molar-refractivity contribution in [3.8, 4) is 22.8 Å². The molecule has 2 aromatic carbocycles. The van der Waals surface area contributed by atoms with E-state index in [2.05, 4.69) is 4.90 Å². The fraction of sp³-hybridized carbons (Fsp3) is 0.385. The van der Waals surface area contributed by atoms with Crippen LogP contribution in [0.4, 0.5) is 0 Å². The van der Waals surface area contributed by atoms with Crippen LogP contribution in [0.1, 0.15) is 16.8 Å². The molecule has 0 N–H and O–H groups in total. The van der Waals surface area contributed by atoms with Gasteiger partial charge in [-0.25, -0.2) is 13.4 Å². The molecule has 2 saturated heterocycles. The third-order valence-electron chi connectivity index (χ3n) is 6.95. The quantitative estimate of drug-likeness (QED) is 0.538. The number of benzene rings is 2. The van der Waals surface area contributed by atoms with Gasteiger partial charge in [-0.2, -0.15) is 0 Å². The number of carbonyl (C=O) groups excluding carboxylic acids is 1. The monoisotopic (exact) mass is 495 g/mol. The van der Waals surface area contributed by atoms with Gasteiger partial charge in [-0.05, 0) is 36.8 Å². The number of pyridine rings is 1. The Labute approximate surface area is 205 Å². The van der Waals surface area contributed by atoms with Crippen LogP contribution in [0, 0.1) is 0 Å². The number of ether oxygens (including phenoxy) is 2. The van der Waals surface area contributed by atoms with Crippen LogP contribution < -0.4 is 9.47 Å². The number of rotatable bonds is 5. The molecule has 0 unspecified atom stereocenters. The first-order chi connectivity index (χ1) is 16.9. The van der Waals surface area contributed by atoms with Crippen LogP contribution in [0.5, 0.6) is 11.5 Å². The summed E-state index contributed by atoms with van der Waals surface area (Å²) in [6, 6.07) is 15.2. The van der Waals surface area contributed by atoms with Gasteiger partial charge in [-0.15, -0.1) is 0 Å². The van der Waals surface area contributed by atoms with Crippen LogP contribution in [0.2, 0.25) is 0 Å². The Morgan fingerprint density at radius 3 is 2.40 bits per heavy atom. The van der Waals surface area contributed by atoms with Gasteiger partial charge >= 0.3 is 0 Å². The van der Waals surface area contributed by atoms with Gasteiger partial charge in [-0.3, -0.25) is 9.69 Å². The Hall–Kier alpha value is -3.17. The second-order valence-corrected chi connectivity index (χ2v) is 11.3. The minimum absolute atomic E-state index is 0.0379. The number of nitrogens with zero attached hydrogens (tertiary/aromatic N) is 3. The minimum Gasteiger partial charge on any atom is -0.493 e. The van der Waals surface area contributed by atoms with Crippen molar-refractivity contribution in [1.29, 1.82) is 0 Å². The topological polar surface area (TPSA) is 89.0 Å². The van der Waals surface area contributed by atoms with Crippen molar-refractivity contribution >= 4 is 26.6 Å². The zero-order valence-corrected chi connectivity index (χ0v) is 20.8. The van der Waals surface area contributed by atoms with E-state index < -0.39 is 9.84 Å². The van der Waals surface area contributed by atoms with E-state index in [1.54, 1.807) is 14.2 Å². The fourth-order valence-corrected chi connectivity index (χ4v) is 6.78. The second-order valence-electron chi connectivity index (χ2n) is 9.03. The summed E-state index contributed by atoms with van der Waals surface area (Å²) >= 11 is 0. The van der Waals surface area contributed by atoms with E-state index >= 15 is 0 Å². The van der Waals surface area contributed by atoms with Gasteiger partial charge in [0.25, 0.3) is 5.91 Å². The molecule has 35 heavy (non-hydrogen) atoms. The molecule has 3 heterocycles. The highest BCUT2D eigenvalue weighted by atomic mass is 32.2. The molecule has 1 aromatic heterocycles. The van der Waals surface area contributed by atoms with E-state index in [0.717, 1.165) is 16.5 Å². The van der Waals surface area contributed by atoms with Gasteiger partial charge in [-0.1, -0.05) is 18.2 Å². The molecule has 5 rings (SSSR count). The van der Waals surface area contributed by atoms with Crippen LogP contribution in [0.15, 0.2) is 48.5 Å². The van der Waals surface area contributed by atoms with Crippen LogP contribution in [-0.4, -0.2) is 87.1 Å². The molecular weight excluding hydrogens is 466 g/mol. The Morgan fingerprint density at radius 1 is 0.971 bits per heavy atom. The maximum Gasteiger partial charge on any atom is 0.254 e. The Kier molecular flexibility index (Phi) is 6.37. The third-order valence-corrected chi connectivity index (χ3v) is 8.70. The van der Waals surface area contributed by atoms with Gasteiger partial charge in [0.05, 0.1) is 42.5 Å². The van der Waals surface area contributed by atoms with Gasteiger partial charge in [0, 0.05) is 43.2 Å². The Bertz CT molecular complexity index is 1370. The van der Waals surface area contributed by atoms with Crippen molar-refractivity contribution in [3.63, 3.8) is 0 Å². The summed E-state index contributed by atoms with van der Waals surface area (Å²) in [5.41, 5.74) is 2.87. The lowest BCUT2D eigenvalue weighted by Gasteiger charge is -2.37. The average Bonchev–Trinajstić information content (AvgIpc) is 3.26. The summed E-state index contributed by atoms with van der Waals surface area (Å²) in [7, 11) is 0.251. The highest BCUT2D eigenvalue weighted by molar-refractivity contribution is 7.91. The highest BCUT2D eigenvalue weighted by Crippen LogP contribution is 2.33. The fourth-order valence-electron chi connectivity index (χ4n) is 5.02. The molecule has 3 aromatic rings. The van der Waals surface area contributed by atoms with E-state index in [1.807, 2.05) is 53.4 Å². The summed E-state index contributed by atoms with van der Waals surface area (Å²) in [6.07, 6.45) is 0.681. The molecule has 184 valence electrons. The Balaban J connectivity index is 1.43. The molecular formula is C26H29N3O5S. The largest absolute Gasteiger partial charge is 0.493 e. The predicted octanol–water partition coefficient (Wildman–Crippen LogP) is 2.86. The first kappa shape index (κ1) is 23.6. The van der Waals surface area contributed by atoms with E-state index in [1.165, 1.54) is 0 Å². The standard InChI is InChI=1S/C26H29N3O5S/c1-33-24-8-7-18(15-25(24)34-2)23-16-21(20-5-3-4-6-22(20)27-23)26(30)29-12-10-28(11-13-29)19-9-14-35(31,32)17-19/h3-8,15-16,19H,9-14,17H2,1-2H3/t19-/m1/s1. The third kappa shape index (κ3) is 4.70. The van der Waals surface area contributed by atoms with Crippen LogP contribution in [-0.2, 0) is 9.84 Å². The molecule has 0 aliphatic carbocycles. The van der Waals surface area contributed by atoms with Crippen LogP contribution in [0.3, 0.4) is 0 Å². The zero-order valence-electron chi connectivity index (χ0n) is 19.9. The molecule has 9 heteroatoms. The number of methoxy groups -OCH3 is 2. The normalized spacial score (nSPS) is 20.2. The summed E-state index contributed by atoms with van der Waals surface area (Å²) < 4.78 is 34.6. The number of para-hydroxylation sites is 1. The van der Waals surface area contributed by atoms with Gasteiger partial charge in [0.2, 0.25) is 0 Å². The number of sulfone groups is 1. The summed E-state index contributed by atoms with van der Waals surface area (Å²) in [5, 5.41) is 0.811. The van der Waals surface area contributed by atoms with Crippen LogP contribution in [0.25, 0.3) is 22.2 Å². The number of amides is 1. The Morgan fingerprint density at radius 2 is 1.71 bits per heavy atom. The van der Waals surface area contributed by atoms with E-state index in [9.17, 15) is 13.2 Å². The molecule has 0 radical (unpaired) electrons. The van der Waals surface area contributed by atoms with Gasteiger partial charge in [0.1, 0.15) is 0 Å². The highest BCUT2D eigenvalue weighted by Gasteiger charge is 2.34. The van der Waals surface area contributed by atoms with Crippen molar-refractivity contribution in [2.24, 2.45) is 0 Å². The molecule has 2 aliphatic heterocycles. The van der Waals surface area contributed by atoms with Crippen LogP contribution >= 0.6 is 0 Å². The molecule has 1 amide bonds. The molecule has 2 aliphatic rings. The number of aromatic nitrogens is 1. The first-order valence-corrected chi connectivity index (χ1v) is 13.6. The van der Waals surface area contributed by atoms with E-state index in [4.69, 9.17) is 14.5 Å². The average molecular weight is 496 g/mol. The summed E-state index contributed by atoms with van der Waals surface area (Å²) in [6.45, 7) is 2.49. The number of carbonyl (C=O) groups is 1. The van der Waals surface area contributed by atoms with E-state index in [-0.39, 0.29) is 23.5 Å². The summed E-state index contributed by atoms with van der Waals surface area (Å²) in [5.74, 6) is 1.67. The van der Waals surface area contributed by atoms with Crippen molar-refractivity contribution in [1.82, 2.24) is 14.8 Å². The molecule has 0 spiro atoms. The van der Waals surface area contributed by atoms with Crippen molar-refractivity contribution < 1.29 is 22.7 Å². The smallest absolute Gasteiger partial charge is 0.254 e. The first-order valence-electron chi connectivity index (χ1n) is 11.7. The van der Waals surface area contributed by atoms with Crippen molar-refractivity contribution in [3.05, 3.63) is 54.1 Å². The SMILES string of the molecule is COc1ccc(-c2cc(C(=O)N3CCN([C@@H]4CCS(=O)(=O)C4)CC3)c3ccccc3n2)cc1OC. The maximum absolute atomic E-state index is 13.7. The minimum atomic E-state index is -2.93. The van der Waals surface area contributed by atoms with E-state index in [0.29, 0.717) is 55.4 Å². The summed E-state index contributed by atoms with van der Waals surface area (Å²) in [4.78, 5) is 22.6. The number of fused-ring (bicyclic) bond motifs is 1. The maximum atomic E-state index is 13.7. The zero-order chi connectivity index (χ0) is 24.6. The molecule has 0 bridgehead atoms. The molecule has 2 fully saturated rings. The number of hydrogen-bond donors (Lipinski definition) is 0. The molecule has 8 nitrogen and oxygen atoms in total. The lowest BCUT2D eigenvalue weighted by molar-refractivity contribution is 0.0589. The lowest BCUT2D eigenvalue weighted by Crippen LogP contribution is -2.52. The lowest BCUT2D eigenvalue weighted by atomic mass is 10.0. The second kappa shape index (κ2) is 9.47. The van der Waals surface area contributed by atoms with Crippen molar-refractivity contribution in [2.75, 3.05) is 51.9 Å². The number of hydrogen-bond acceptors (Lipinski definition) is 7. The van der Waals surface area contributed by atoms with Crippen molar-refractivity contribution in [2.45, 2.75) is 12.5 Å². The predicted molar refractivity (Wildman–Crippen MR) is 135 cm³/mol. The number of piperazine rings is 1. The molecule has 1 atom stereocenters. The molecule has 0 saturated carbocycles.